The van der Waals surface area contributed by atoms with Gasteiger partial charge in [0.25, 0.3) is 0 Å². The summed E-state index contributed by atoms with van der Waals surface area (Å²) < 4.78 is 13.9. The summed E-state index contributed by atoms with van der Waals surface area (Å²) >= 11 is 6.17. The summed E-state index contributed by atoms with van der Waals surface area (Å²) in [5.74, 6) is 0.143. The van der Waals surface area contributed by atoms with Crippen molar-refractivity contribution in [2.75, 3.05) is 0 Å². The van der Waals surface area contributed by atoms with Gasteiger partial charge in [0.15, 0.2) is 5.78 Å². The number of Topliss-reactive ketones (excluding diaryl/α,β-unsaturated/α-hetero) is 1. The molecular weight excluding hydrogens is 534 g/mol. The van der Waals surface area contributed by atoms with E-state index < -0.39 is 0 Å². The van der Waals surface area contributed by atoms with Gasteiger partial charge in [0.05, 0.1) is 32.0 Å². The molecule has 0 saturated carbocycles. The molecule has 3 aromatic carbocycles. The first kappa shape index (κ1) is 30.4. The third-order valence-corrected chi connectivity index (χ3v) is 7.28. The maximum atomic E-state index is 13.9. The van der Waals surface area contributed by atoms with Gasteiger partial charge in [-0.15, -0.1) is 4.51 Å². The smallest absolute Gasteiger partial charge is 0.223 e. The number of ether oxygens (including phenoxy) is 1. The molecule has 4 rings (SSSR count). The summed E-state index contributed by atoms with van der Waals surface area (Å²) in [5.41, 5.74) is 4.74. The number of imidazole rings is 1. The van der Waals surface area contributed by atoms with Crippen LogP contribution in [0.25, 0.3) is 0 Å². The van der Waals surface area contributed by atoms with Crippen LogP contribution in [-0.4, -0.2) is 20.0 Å². The third-order valence-electron chi connectivity index (χ3n) is 7.13. The maximum absolute atomic E-state index is 13.9. The number of nitrogens with zero attached hydrogens (tertiary/aromatic N) is 3. The Morgan fingerprint density at radius 2 is 1.39 bits per heavy atom. The van der Waals surface area contributed by atoms with Crippen molar-refractivity contribution in [2.24, 2.45) is 4.51 Å². The number of hydrogen-bond donors (Lipinski definition) is 1. The van der Waals surface area contributed by atoms with Crippen LogP contribution in [0.5, 0.6) is 5.75 Å². The lowest BCUT2D eigenvalue weighted by atomic mass is 9.78. The van der Waals surface area contributed by atoms with Gasteiger partial charge >= 0.3 is 0 Å². The van der Waals surface area contributed by atoms with Crippen LogP contribution in [0.2, 0.25) is 0 Å². The monoisotopic (exact) mass is 573 g/mol. The molecular formula is C34H40ClN3O3. The number of aromatic hydroxyl groups is 1. The molecule has 0 atom stereocenters. The van der Waals surface area contributed by atoms with Gasteiger partial charge in [-0.3, -0.25) is 4.79 Å². The Morgan fingerprint density at radius 3 is 1.90 bits per heavy atom. The molecule has 0 fully saturated rings. The highest BCUT2D eigenvalue weighted by Crippen LogP contribution is 2.40. The lowest BCUT2D eigenvalue weighted by molar-refractivity contribution is 0.0935. The van der Waals surface area contributed by atoms with Gasteiger partial charge in [0.1, 0.15) is 5.75 Å². The molecule has 1 aromatic heterocycles. The molecule has 0 saturated heterocycles. The van der Waals surface area contributed by atoms with Crippen molar-refractivity contribution in [2.45, 2.75) is 78.7 Å². The topological polar surface area (TPSA) is 68.8 Å². The van der Waals surface area contributed by atoms with Gasteiger partial charge < -0.3 is 19.0 Å². The Bertz CT molecular complexity index is 1520. The number of carbonyl (C=O) groups excluding carboxylic acids is 1. The summed E-state index contributed by atoms with van der Waals surface area (Å²) in [4.78, 5) is 13.9. The zero-order valence-corrected chi connectivity index (χ0v) is 25.6. The summed E-state index contributed by atoms with van der Waals surface area (Å²) in [7, 11) is 0. The summed E-state index contributed by atoms with van der Waals surface area (Å²) in [6.45, 7) is 13.5. The quantitative estimate of drug-likeness (QED) is 0.214. The van der Waals surface area contributed by atoms with Crippen molar-refractivity contribution in [3.63, 3.8) is 0 Å². The van der Waals surface area contributed by atoms with Crippen molar-refractivity contribution < 1.29 is 14.6 Å². The number of benzene rings is 3. The number of halogens is 1. The Balaban J connectivity index is 1.73. The lowest BCUT2D eigenvalue weighted by Gasteiger charge is -2.28. The lowest BCUT2D eigenvalue weighted by Crippen LogP contribution is -2.29. The van der Waals surface area contributed by atoms with E-state index in [0.717, 1.165) is 27.9 Å². The molecule has 0 aliphatic heterocycles. The van der Waals surface area contributed by atoms with E-state index >= 15 is 0 Å². The number of phenolic OH excluding ortho intramolecular Hbond substituents is 1. The molecule has 0 bridgehead atoms. The fraction of sp³-hybridized carbons (Fsp3) is 0.353. The SMILES string of the molecule is CC(C)(C)c1cc(C(=O)Cn2c(COCc3ccccc3)cn(Cc3ccccc3)/c2=N/Cl)cc(C(C)(C)C)c1O. The van der Waals surface area contributed by atoms with E-state index in [4.69, 9.17) is 16.5 Å². The molecule has 0 aliphatic carbocycles. The van der Waals surface area contributed by atoms with Crippen LogP contribution in [0.3, 0.4) is 0 Å². The average Bonchev–Trinajstić information content (AvgIpc) is 3.23. The third kappa shape index (κ3) is 7.38. The highest BCUT2D eigenvalue weighted by atomic mass is 35.5. The van der Waals surface area contributed by atoms with Gasteiger partial charge in [-0.25, -0.2) is 0 Å². The number of ketones is 1. The van der Waals surface area contributed by atoms with Crippen LogP contribution in [0.4, 0.5) is 0 Å². The second-order valence-electron chi connectivity index (χ2n) is 12.5. The van der Waals surface area contributed by atoms with Gasteiger partial charge in [0.2, 0.25) is 5.62 Å². The fourth-order valence-electron chi connectivity index (χ4n) is 4.89. The highest BCUT2D eigenvalue weighted by Gasteiger charge is 2.28. The van der Waals surface area contributed by atoms with Gasteiger partial charge in [-0.2, -0.15) is 0 Å². The predicted molar refractivity (Wildman–Crippen MR) is 164 cm³/mol. The van der Waals surface area contributed by atoms with E-state index in [1.54, 1.807) is 0 Å². The number of rotatable bonds is 9. The van der Waals surface area contributed by atoms with E-state index in [2.05, 4.69) is 4.51 Å². The molecule has 0 radical (unpaired) electrons. The molecule has 0 amide bonds. The first-order chi connectivity index (χ1) is 19.4. The van der Waals surface area contributed by atoms with Crippen molar-refractivity contribution in [1.82, 2.24) is 9.13 Å². The van der Waals surface area contributed by atoms with E-state index in [-0.39, 0.29) is 35.5 Å². The van der Waals surface area contributed by atoms with Crippen molar-refractivity contribution in [3.05, 3.63) is 118 Å². The fourth-order valence-corrected chi connectivity index (χ4v) is 5.08. The van der Waals surface area contributed by atoms with Crippen LogP contribution in [-0.2, 0) is 41.9 Å². The summed E-state index contributed by atoms with van der Waals surface area (Å²) in [6, 6.07) is 23.6. The first-order valence-electron chi connectivity index (χ1n) is 13.9. The number of aromatic nitrogens is 2. The number of carbonyl (C=O) groups is 1. The van der Waals surface area contributed by atoms with E-state index in [1.807, 2.05) is 130 Å². The second-order valence-corrected chi connectivity index (χ2v) is 12.7. The predicted octanol–water partition coefficient (Wildman–Crippen LogP) is 7.29. The number of hydrogen-bond acceptors (Lipinski definition) is 4. The Kier molecular flexibility index (Phi) is 9.25. The standard InChI is InChI=1S/C34H40ClN3O3/c1-33(2,3)28-17-26(18-29(31(28)40)34(4,5)6)30(39)21-38-27(23-41-22-25-15-11-8-12-16-25)20-37(32(38)36-35)19-24-13-9-7-10-14-24/h7-18,20,40H,19,21-23H2,1-6H3/b36-32-. The summed E-state index contributed by atoms with van der Waals surface area (Å²) in [5, 5.41) is 11.1. The zero-order chi connectivity index (χ0) is 29.8. The highest BCUT2D eigenvalue weighted by molar-refractivity contribution is 6.14. The Labute approximate surface area is 248 Å². The molecule has 0 unspecified atom stereocenters. The minimum absolute atomic E-state index is 0.0231. The molecule has 6 nitrogen and oxygen atoms in total. The average molecular weight is 574 g/mol. The molecule has 1 heterocycles. The van der Waals surface area contributed by atoms with E-state index in [1.165, 1.54) is 0 Å². The Hall–Kier alpha value is -3.61. The Morgan fingerprint density at radius 1 is 0.854 bits per heavy atom. The number of phenols is 1. The van der Waals surface area contributed by atoms with Gasteiger partial charge in [-0.1, -0.05) is 102 Å². The minimum atomic E-state index is -0.348. The largest absolute Gasteiger partial charge is 0.507 e. The van der Waals surface area contributed by atoms with Gasteiger partial charge in [-0.05, 0) is 34.1 Å². The molecule has 4 aromatic rings. The molecule has 216 valence electrons. The molecule has 0 spiro atoms. The van der Waals surface area contributed by atoms with Crippen LogP contribution in [0.1, 0.15) is 79.8 Å². The normalized spacial score (nSPS) is 12.6. The van der Waals surface area contributed by atoms with Gasteiger partial charge in [0, 0.05) is 34.7 Å². The zero-order valence-electron chi connectivity index (χ0n) is 24.8. The van der Waals surface area contributed by atoms with Crippen LogP contribution in [0, 0.1) is 0 Å². The maximum Gasteiger partial charge on any atom is 0.223 e. The van der Waals surface area contributed by atoms with E-state index in [0.29, 0.717) is 24.3 Å². The van der Waals surface area contributed by atoms with Crippen LogP contribution in [0.15, 0.2) is 83.5 Å². The van der Waals surface area contributed by atoms with Crippen LogP contribution >= 0.6 is 11.8 Å². The minimum Gasteiger partial charge on any atom is -0.507 e. The molecule has 41 heavy (non-hydrogen) atoms. The van der Waals surface area contributed by atoms with Crippen molar-refractivity contribution in [1.29, 1.82) is 0 Å². The van der Waals surface area contributed by atoms with Crippen LogP contribution < -0.4 is 5.62 Å². The van der Waals surface area contributed by atoms with Crippen molar-refractivity contribution in [3.8, 4) is 5.75 Å². The van der Waals surface area contributed by atoms with Crippen molar-refractivity contribution >= 4 is 17.6 Å². The van der Waals surface area contributed by atoms with E-state index in [9.17, 15) is 9.90 Å². The molecule has 7 heteroatoms. The molecule has 1 N–H and O–H groups in total. The summed E-state index contributed by atoms with van der Waals surface area (Å²) in [6.07, 6.45) is 1.95. The second kappa shape index (κ2) is 12.5. The molecule has 0 aliphatic rings. The first-order valence-corrected chi connectivity index (χ1v) is 14.2.